The van der Waals surface area contributed by atoms with E-state index in [1.165, 1.54) is 0 Å². The number of aromatic nitrogens is 4. The topological polar surface area (TPSA) is 64.7 Å². The molecule has 2 rings (SSSR count). The molecule has 120 valence electrons. The summed E-state index contributed by atoms with van der Waals surface area (Å²) in [5.41, 5.74) is 1.66. The van der Waals surface area contributed by atoms with Gasteiger partial charge in [-0.05, 0) is 13.8 Å². The predicted molar refractivity (Wildman–Crippen MR) is 86.1 cm³/mol. The fourth-order valence-corrected chi connectivity index (χ4v) is 2.42. The highest BCUT2D eigenvalue weighted by molar-refractivity contribution is 6.31. The van der Waals surface area contributed by atoms with E-state index in [9.17, 15) is 4.79 Å². The van der Waals surface area contributed by atoms with Gasteiger partial charge in [-0.1, -0.05) is 30.1 Å². The molecule has 0 radical (unpaired) electrons. The zero-order chi connectivity index (χ0) is 16.3. The van der Waals surface area contributed by atoms with Crippen LogP contribution < -0.4 is 5.32 Å². The van der Waals surface area contributed by atoms with Gasteiger partial charge in [-0.2, -0.15) is 10.2 Å². The Morgan fingerprint density at radius 3 is 2.68 bits per heavy atom. The molecule has 6 nitrogen and oxygen atoms in total. The molecule has 0 saturated heterocycles. The van der Waals surface area contributed by atoms with Crippen LogP contribution in [0.5, 0.6) is 0 Å². The molecule has 2 aromatic rings. The average Bonchev–Trinajstić information content (AvgIpc) is 2.98. The van der Waals surface area contributed by atoms with E-state index in [0.29, 0.717) is 29.7 Å². The van der Waals surface area contributed by atoms with Crippen LogP contribution in [-0.2, 0) is 17.9 Å². The second-order valence-corrected chi connectivity index (χ2v) is 6.10. The Labute approximate surface area is 139 Å². The molecule has 1 amide bonds. The third-order valence-corrected chi connectivity index (χ3v) is 4.17. The second-order valence-electron chi connectivity index (χ2n) is 5.28. The van der Waals surface area contributed by atoms with Crippen LogP contribution in [0.4, 0.5) is 0 Å². The van der Waals surface area contributed by atoms with Crippen molar-refractivity contribution in [3.8, 4) is 0 Å². The number of hydrogen-bond donors (Lipinski definition) is 1. The number of halogens is 2. The Balaban J connectivity index is 1.82. The zero-order valence-electron chi connectivity index (χ0n) is 12.8. The molecular formula is C14H19Cl2N5O. The van der Waals surface area contributed by atoms with Crippen molar-refractivity contribution in [3.05, 3.63) is 33.8 Å². The molecule has 2 aromatic heterocycles. The lowest BCUT2D eigenvalue weighted by atomic mass is 10.1. The Hall–Kier alpha value is -1.53. The van der Waals surface area contributed by atoms with Crippen molar-refractivity contribution in [2.24, 2.45) is 5.92 Å². The van der Waals surface area contributed by atoms with Crippen molar-refractivity contribution < 1.29 is 4.79 Å². The molecule has 1 atom stereocenters. The number of rotatable bonds is 6. The smallest absolute Gasteiger partial charge is 0.224 e. The lowest BCUT2D eigenvalue weighted by Gasteiger charge is -2.13. The Kier molecular flexibility index (Phi) is 5.47. The van der Waals surface area contributed by atoms with Crippen molar-refractivity contribution >= 4 is 29.1 Å². The highest BCUT2D eigenvalue weighted by Crippen LogP contribution is 2.19. The fourth-order valence-electron chi connectivity index (χ4n) is 2.12. The molecule has 0 aliphatic carbocycles. The van der Waals surface area contributed by atoms with Crippen LogP contribution in [0.15, 0.2) is 12.4 Å². The molecular weight excluding hydrogens is 325 g/mol. The highest BCUT2D eigenvalue weighted by atomic mass is 35.5. The number of hydrogen-bond acceptors (Lipinski definition) is 3. The zero-order valence-corrected chi connectivity index (χ0v) is 14.3. The van der Waals surface area contributed by atoms with Crippen LogP contribution in [0.1, 0.15) is 18.3 Å². The van der Waals surface area contributed by atoms with Crippen molar-refractivity contribution in [1.29, 1.82) is 0 Å². The van der Waals surface area contributed by atoms with Crippen LogP contribution in [-0.4, -0.2) is 32.0 Å². The van der Waals surface area contributed by atoms with Gasteiger partial charge >= 0.3 is 0 Å². The lowest BCUT2D eigenvalue weighted by molar-refractivity contribution is -0.125. The van der Waals surface area contributed by atoms with Crippen molar-refractivity contribution in [1.82, 2.24) is 24.9 Å². The van der Waals surface area contributed by atoms with Gasteiger partial charge in [0.05, 0.1) is 46.6 Å². The monoisotopic (exact) mass is 343 g/mol. The summed E-state index contributed by atoms with van der Waals surface area (Å²) in [6.07, 6.45) is 3.29. The first-order valence-corrected chi connectivity index (χ1v) is 7.79. The summed E-state index contributed by atoms with van der Waals surface area (Å²) in [5.74, 6) is -0.225. The third kappa shape index (κ3) is 4.01. The van der Waals surface area contributed by atoms with Crippen molar-refractivity contribution in [2.75, 3.05) is 6.54 Å². The summed E-state index contributed by atoms with van der Waals surface area (Å²) >= 11 is 11.9. The van der Waals surface area contributed by atoms with Gasteiger partial charge in [-0.15, -0.1) is 0 Å². The van der Waals surface area contributed by atoms with E-state index in [-0.39, 0.29) is 11.8 Å². The summed E-state index contributed by atoms with van der Waals surface area (Å²) in [4.78, 5) is 12.1. The molecule has 0 saturated carbocycles. The van der Waals surface area contributed by atoms with Gasteiger partial charge < -0.3 is 5.32 Å². The number of nitrogens with zero attached hydrogens (tertiary/aromatic N) is 4. The van der Waals surface area contributed by atoms with Crippen LogP contribution >= 0.6 is 23.2 Å². The first kappa shape index (κ1) is 16.8. The van der Waals surface area contributed by atoms with Crippen LogP contribution in [0.2, 0.25) is 10.0 Å². The molecule has 0 bridgehead atoms. The number of amides is 1. The molecule has 0 aliphatic heterocycles. The first-order valence-electron chi connectivity index (χ1n) is 7.03. The summed E-state index contributed by atoms with van der Waals surface area (Å²) in [7, 11) is 0. The van der Waals surface area contributed by atoms with E-state index < -0.39 is 0 Å². The second kappa shape index (κ2) is 7.15. The molecule has 0 fully saturated rings. The van der Waals surface area contributed by atoms with Gasteiger partial charge in [0.2, 0.25) is 5.91 Å². The third-order valence-electron chi connectivity index (χ3n) is 3.43. The normalized spacial score (nSPS) is 12.4. The van der Waals surface area contributed by atoms with Gasteiger partial charge in [0.15, 0.2) is 0 Å². The van der Waals surface area contributed by atoms with Crippen molar-refractivity contribution in [2.45, 2.75) is 33.9 Å². The number of carbonyl (C=O) groups is 1. The van der Waals surface area contributed by atoms with E-state index in [2.05, 4.69) is 15.5 Å². The summed E-state index contributed by atoms with van der Waals surface area (Å²) < 4.78 is 3.46. The van der Waals surface area contributed by atoms with E-state index in [1.807, 2.05) is 20.8 Å². The molecule has 0 spiro atoms. The maximum Gasteiger partial charge on any atom is 0.224 e. The van der Waals surface area contributed by atoms with Crippen LogP contribution in [0.25, 0.3) is 0 Å². The van der Waals surface area contributed by atoms with Gasteiger partial charge in [0, 0.05) is 12.7 Å². The molecule has 22 heavy (non-hydrogen) atoms. The minimum absolute atomic E-state index is 0.0260. The molecule has 0 aliphatic rings. The number of aryl methyl sites for hydroxylation is 1. The SMILES string of the molecule is Cc1nn(CC(C)C(=O)NCCn2cc(Cl)cn2)c(C)c1Cl. The Morgan fingerprint density at radius 2 is 2.14 bits per heavy atom. The first-order chi connectivity index (χ1) is 10.4. The van der Waals surface area contributed by atoms with E-state index in [4.69, 9.17) is 23.2 Å². The average molecular weight is 344 g/mol. The van der Waals surface area contributed by atoms with E-state index >= 15 is 0 Å². The summed E-state index contributed by atoms with van der Waals surface area (Å²) in [5, 5.41) is 12.5. The molecule has 1 N–H and O–H groups in total. The van der Waals surface area contributed by atoms with E-state index in [1.54, 1.807) is 21.8 Å². The minimum Gasteiger partial charge on any atom is -0.354 e. The standard InChI is InChI=1S/C14H19Cl2N5O/c1-9(7-21-11(3)13(16)10(2)19-21)14(22)17-4-5-20-8-12(15)6-18-20/h6,8-9H,4-5,7H2,1-3H3,(H,17,22). The Morgan fingerprint density at radius 1 is 1.41 bits per heavy atom. The maximum atomic E-state index is 12.1. The van der Waals surface area contributed by atoms with Gasteiger partial charge in [0.25, 0.3) is 0 Å². The molecule has 2 heterocycles. The lowest BCUT2D eigenvalue weighted by Crippen LogP contribution is -2.34. The van der Waals surface area contributed by atoms with Crippen LogP contribution in [0.3, 0.4) is 0 Å². The van der Waals surface area contributed by atoms with Gasteiger partial charge in [-0.25, -0.2) is 0 Å². The summed E-state index contributed by atoms with van der Waals surface area (Å²) in [6.45, 7) is 7.19. The molecule has 8 heteroatoms. The van der Waals surface area contributed by atoms with Gasteiger partial charge in [0.1, 0.15) is 0 Å². The van der Waals surface area contributed by atoms with Crippen molar-refractivity contribution in [3.63, 3.8) is 0 Å². The maximum absolute atomic E-state index is 12.1. The molecule has 1 unspecified atom stereocenters. The predicted octanol–water partition coefficient (Wildman–Crippen LogP) is 2.46. The minimum atomic E-state index is -0.199. The Bertz CT molecular complexity index is 664. The quantitative estimate of drug-likeness (QED) is 0.876. The fraction of sp³-hybridized carbons (Fsp3) is 0.500. The van der Waals surface area contributed by atoms with Crippen LogP contribution in [0, 0.1) is 19.8 Å². The number of carbonyl (C=O) groups excluding carboxylic acids is 1. The number of nitrogens with one attached hydrogen (secondary N) is 1. The highest BCUT2D eigenvalue weighted by Gasteiger charge is 2.17. The van der Waals surface area contributed by atoms with E-state index in [0.717, 1.165) is 11.4 Å². The molecule has 0 aromatic carbocycles. The largest absolute Gasteiger partial charge is 0.354 e. The summed E-state index contributed by atoms with van der Waals surface area (Å²) in [6, 6.07) is 0. The van der Waals surface area contributed by atoms with Gasteiger partial charge in [-0.3, -0.25) is 14.2 Å².